The number of rotatable bonds is 14. The van der Waals surface area contributed by atoms with Gasteiger partial charge in [-0.25, -0.2) is 9.59 Å². The minimum Gasteiger partial charge on any atom is -0.494 e. The number of hydrogen-bond acceptors (Lipinski definition) is 10. The minimum absolute atomic E-state index is 0.237. The molecule has 0 fully saturated rings. The van der Waals surface area contributed by atoms with Crippen molar-refractivity contribution in [1.82, 2.24) is 0 Å². The second-order valence-electron chi connectivity index (χ2n) is 12.1. The average molecular weight is 695 g/mol. The van der Waals surface area contributed by atoms with Crippen molar-refractivity contribution < 1.29 is 38.0 Å². The van der Waals surface area contributed by atoms with Crippen LogP contribution in [0.25, 0.3) is 0 Å². The summed E-state index contributed by atoms with van der Waals surface area (Å²) in [5, 5.41) is 8.88. The molecule has 268 valence electrons. The van der Waals surface area contributed by atoms with Crippen LogP contribution in [-0.4, -0.2) is 38.4 Å². The van der Waals surface area contributed by atoms with Gasteiger partial charge >= 0.3 is 11.9 Å². The Morgan fingerprint density at radius 2 is 1.08 bits per heavy atom. The Hall–Kier alpha value is -5.38. The molecule has 0 atom stereocenters. The quantitative estimate of drug-likeness (QED) is 0.0554. The molecular weight excluding hydrogens is 648 g/mol. The maximum absolute atomic E-state index is 13.2. The van der Waals surface area contributed by atoms with Crippen molar-refractivity contribution in [2.45, 2.75) is 71.6 Å². The molecule has 0 saturated carbocycles. The smallest absolute Gasteiger partial charge is 0.343 e. The average Bonchev–Trinajstić information content (AvgIpc) is 3.21. The van der Waals surface area contributed by atoms with Crippen LogP contribution in [0.15, 0.2) is 95.2 Å². The van der Waals surface area contributed by atoms with E-state index < -0.39 is 11.9 Å². The molecule has 0 N–H and O–H groups in total. The van der Waals surface area contributed by atoms with Gasteiger partial charge in [0.25, 0.3) is 0 Å². The van der Waals surface area contributed by atoms with E-state index in [0.717, 1.165) is 57.8 Å². The summed E-state index contributed by atoms with van der Waals surface area (Å²) >= 11 is 0. The summed E-state index contributed by atoms with van der Waals surface area (Å²) in [5.74, 6) is 1.69. The normalized spacial score (nSPS) is 13.2. The summed E-state index contributed by atoms with van der Waals surface area (Å²) < 4.78 is 35.2. The van der Waals surface area contributed by atoms with Crippen LogP contribution in [0.2, 0.25) is 0 Å². The van der Waals surface area contributed by atoms with Crippen LogP contribution in [0.5, 0.6) is 34.5 Å². The number of carbonyl (C=O) groups is 2. The van der Waals surface area contributed by atoms with Gasteiger partial charge < -0.3 is 28.4 Å². The van der Waals surface area contributed by atoms with Crippen molar-refractivity contribution >= 4 is 23.3 Å². The molecule has 0 unspecified atom stereocenters. The maximum Gasteiger partial charge on any atom is 0.343 e. The van der Waals surface area contributed by atoms with Gasteiger partial charge in [-0.3, -0.25) is 0 Å². The van der Waals surface area contributed by atoms with Crippen LogP contribution in [0.4, 0.5) is 11.4 Å². The molecule has 4 aromatic rings. The molecule has 0 aromatic heterocycles. The topological polar surface area (TPSA) is 114 Å². The van der Waals surface area contributed by atoms with E-state index in [-0.39, 0.29) is 5.75 Å². The molecule has 1 aliphatic heterocycles. The first-order valence-electron chi connectivity index (χ1n) is 17.9. The molecule has 0 aliphatic carbocycles. The lowest BCUT2D eigenvalue weighted by Gasteiger charge is -2.17. The Morgan fingerprint density at radius 1 is 0.569 bits per heavy atom. The predicted octanol–water partition coefficient (Wildman–Crippen LogP) is 10.6. The number of nitrogens with zero attached hydrogens (tertiary/aromatic N) is 2. The first-order chi connectivity index (χ1) is 25.0. The highest BCUT2D eigenvalue weighted by molar-refractivity contribution is 5.92. The van der Waals surface area contributed by atoms with Crippen LogP contribution in [0.3, 0.4) is 0 Å². The van der Waals surface area contributed by atoms with Gasteiger partial charge in [-0.2, -0.15) is 5.11 Å². The van der Waals surface area contributed by atoms with E-state index in [1.807, 2.05) is 0 Å². The van der Waals surface area contributed by atoms with Crippen molar-refractivity contribution in [2.24, 2.45) is 10.2 Å². The van der Waals surface area contributed by atoms with E-state index in [0.29, 0.717) is 77.7 Å². The summed E-state index contributed by atoms with van der Waals surface area (Å²) in [4.78, 5) is 25.9. The Kier molecular flexibility index (Phi) is 14.3. The number of carbonyl (C=O) groups excluding carboxylic acids is 2. The van der Waals surface area contributed by atoms with Crippen LogP contribution in [0, 0.1) is 0 Å². The summed E-state index contributed by atoms with van der Waals surface area (Å²) in [6.45, 7) is 6.35. The van der Waals surface area contributed by atoms with Crippen molar-refractivity contribution in [3.63, 3.8) is 0 Å². The zero-order chi connectivity index (χ0) is 35.7. The Balaban J connectivity index is 1.28. The molecule has 0 radical (unpaired) electrons. The molecule has 0 amide bonds. The second kappa shape index (κ2) is 19.7. The Morgan fingerprint density at radius 3 is 1.65 bits per heavy atom. The number of fused-ring (bicyclic) bond motifs is 1. The molecule has 10 nitrogen and oxygen atoms in total. The van der Waals surface area contributed by atoms with Gasteiger partial charge in [0.2, 0.25) is 5.75 Å². The molecule has 1 aliphatic rings. The summed E-state index contributed by atoms with van der Waals surface area (Å²) in [6, 6.07) is 23.8. The summed E-state index contributed by atoms with van der Waals surface area (Å²) in [7, 11) is 0. The fourth-order valence-corrected chi connectivity index (χ4v) is 5.11. The van der Waals surface area contributed by atoms with Crippen LogP contribution in [-0.2, 0) is 0 Å². The molecule has 4 aromatic carbocycles. The van der Waals surface area contributed by atoms with Gasteiger partial charge in [-0.15, -0.1) is 5.11 Å². The molecular formula is C41H46N2O8. The maximum atomic E-state index is 13.2. The first kappa shape index (κ1) is 36.9. The SMILES string of the molecule is CCCCOc1ccc(C(=O)Oc2ccc(N=Nc3ccc(OC(=O)c4ccc(OCCCC)cc4)c4c3OCCCCCCCO4)cc2)cc1. The van der Waals surface area contributed by atoms with Gasteiger partial charge in [0.15, 0.2) is 11.5 Å². The number of ether oxygens (including phenoxy) is 6. The third kappa shape index (κ3) is 11.3. The van der Waals surface area contributed by atoms with E-state index in [2.05, 4.69) is 24.1 Å². The fourth-order valence-electron chi connectivity index (χ4n) is 5.11. The molecule has 5 rings (SSSR count). The number of benzene rings is 4. The predicted molar refractivity (Wildman–Crippen MR) is 195 cm³/mol. The fraction of sp³-hybridized carbons (Fsp3) is 0.366. The van der Waals surface area contributed by atoms with Crippen molar-refractivity contribution in [2.75, 3.05) is 26.4 Å². The summed E-state index contributed by atoms with van der Waals surface area (Å²) in [6.07, 6.45) is 8.89. The minimum atomic E-state index is -0.529. The Bertz CT molecular complexity index is 1720. The van der Waals surface area contributed by atoms with E-state index in [1.165, 1.54) is 0 Å². The second-order valence-corrected chi connectivity index (χ2v) is 12.1. The molecule has 0 spiro atoms. The lowest BCUT2D eigenvalue weighted by molar-refractivity contribution is 0.0720. The number of esters is 2. The highest BCUT2D eigenvalue weighted by Crippen LogP contribution is 2.46. The largest absolute Gasteiger partial charge is 0.494 e. The Labute approximate surface area is 299 Å². The van der Waals surface area contributed by atoms with Crippen LogP contribution >= 0.6 is 0 Å². The number of azo groups is 1. The van der Waals surface area contributed by atoms with Gasteiger partial charge in [0.1, 0.15) is 22.9 Å². The van der Waals surface area contributed by atoms with E-state index >= 15 is 0 Å². The molecule has 10 heteroatoms. The third-order valence-electron chi connectivity index (χ3n) is 8.07. The molecule has 1 heterocycles. The van der Waals surface area contributed by atoms with Gasteiger partial charge in [0.05, 0.1) is 43.2 Å². The van der Waals surface area contributed by atoms with E-state index in [4.69, 9.17) is 28.4 Å². The lowest BCUT2D eigenvalue weighted by Crippen LogP contribution is -2.11. The monoisotopic (exact) mass is 694 g/mol. The molecule has 0 bridgehead atoms. The highest BCUT2D eigenvalue weighted by atomic mass is 16.6. The van der Waals surface area contributed by atoms with Crippen LogP contribution < -0.4 is 28.4 Å². The van der Waals surface area contributed by atoms with Gasteiger partial charge in [-0.1, -0.05) is 46.0 Å². The zero-order valence-electron chi connectivity index (χ0n) is 29.4. The van der Waals surface area contributed by atoms with Crippen molar-refractivity contribution in [3.05, 3.63) is 96.1 Å². The van der Waals surface area contributed by atoms with Crippen molar-refractivity contribution in [3.8, 4) is 34.5 Å². The van der Waals surface area contributed by atoms with Crippen LogP contribution in [0.1, 0.15) is 92.4 Å². The number of hydrogen-bond donors (Lipinski definition) is 0. The van der Waals surface area contributed by atoms with E-state index in [9.17, 15) is 9.59 Å². The van der Waals surface area contributed by atoms with Gasteiger partial charge in [-0.05, 0) is 111 Å². The number of unbranched alkanes of at least 4 members (excludes halogenated alkanes) is 2. The molecule has 0 saturated heterocycles. The highest BCUT2D eigenvalue weighted by Gasteiger charge is 2.22. The first-order valence-corrected chi connectivity index (χ1v) is 17.9. The standard InChI is InChI=1S/C41H46N2O8/c1-3-5-26-46-33-18-12-30(13-19-33)40(44)50-35-22-16-32(17-23-35)42-43-36-24-25-37(39-38(36)48-28-10-8-7-9-11-29-49-39)51-41(45)31-14-20-34(21-15-31)47-27-6-4-2/h12-25H,3-11,26-29H2,1-2H3. The van der Waals surface area contributed by atoms with Gasteiger partial charge in [0, 0.05) is 0 Å². The molecule has 51 heavy (non-hydrogen) atoms. The summed E-state index contributed by atoms with van der Waals surface area (Å²) in [5.41, 5.74) is 1.76. The van der Waals surface area contributed by atoms with Crippen molar-refractivity contribution in [1.29, 1.82) is 0 Å². The third-order valence-corrected chi connectivity index (χ3v) is 8.07. The van der Waals surface area contributed by atoms with E-state index in [1.54, 1.807) is 84.9 Å². The lowest BCUT2D eigenvalue weighted by atomic mass is 10.1. The zero-order valence-corrected chi connectivity index (χ0v) is 29.4.